The van der Waals surface area contributed by atoms with Crippen LogP contribution in [0, 0.1) is 0 Å². The lowest BCUT2D eigenvalue weighted by Gasteiger charge is -2.18. The van der Waals surface area contributed by atoms with Crippen LogP contribution in [0.1, 0.15) is 0 Å². The zero-order valence-corrected chi connectivity index (χ0v) is 30.3. The molecule has 10 aromatic carbocycles. The van der Waals surface area contributed by atoms with Crippen molar-refractivity contribution in [3.63, 3.8) is 0 Å². The standard InChI is InChI=1S/C54H32O2/c1-2-17-38-33(13-1)14-12-24-39(38)34-27-29-35(30-28-34)50-41-19-3-5-21-43(41)51(44-22-6-4-20-42(44)50)37-16-11-15-36(31-37)46-32-47-40-18-7-9-25-48(40)55-54(47)52-45-23-8-10-26-49(45)56-53(46)52/h1-32H. The average Bonchev–Trinajstić information content (AvgIpc) is 3.84. The maximum absolute atomic E-state index is 6.69. The van der Waals surface area contributed by atoms with Gasteiger partial charge in [-0.2, -0.15) is 0 Å². The van der Waals surface area contributed by atoms with E-state index in [0.29, 0.717) is 0 Å². The Kier molecular flexibility index (Phi) is 6.66. The molecule has 0 atom stereocenters. The van der Waals surface area contributed by atoms with Gasteiger partial charge in [0.25, 0.3) is 0 Å². The summed E-state index contributed by atoms with van der Waals surface area (Å²) in [6.45, 7) is 0. The number of para-hydroxylation sites is 2. The van der Waals surface area contributed by atoms with Gasteiger partial charge in [-0.3, -0.25) is 0 Å². The average molecular weight is 713 g/mol. The molecule has 0 radical (unpaired) electrons. The van der Waals surface area contributed by atoms with Gasteiger partial charge in [-0.05, 0) is 95.5 Å². The van der Waals surface area contributed by atoms with E-state index in [1.807, 2.05) is 24.3 Å². The van der Waals surface area contributed by atoms with E-state index in [2.05, 4.69) is 170 Å². The zero-order valence-electron chi connectivity index (χ0n) is 30.3. The number of furan rings is 2. The van der Waals surface area contributed by atoms with Crippen LogP contribution in [0.25, 0.3) is 121 Å². The Morgan fingerprint density at radius 3 is 1.48 bits per heavy atom. The first-order valence-electron chi connectivity index (χ1n) is 19.2. The monoisotopic (exact) mass is 712 g/mol. The van der Waals surface area contributed by atoms with E-state index in [4.69, 9.17) is 8.83 Å². The predicted octanol–water partition coefficient (Wildman–Crippen LogP) is 15.6. The molecule has 56 heavy (non-hydrogen) atoms. The molecule has 0 aliphatic rings. The minimum atomic E-state index is 0.840. The second kappa shape index (κ2) is 12.0. The molecule has 0 amide bonds. The van der Waals surface area contributed by atoms with E-state index in [1.165, 1.54) is 60.1 Å². The Labute approximate surface area is 322 Å². The summed E-state index contributed by atoms with van der Waals surface area (Å²) in [5, 5.41) is 11.7. The van der Waals surface area contributed by atoms with Crippen LogP contribution in [-0.4, -0.2) is 0 Å². The topological polar surface area (TPSA) is 26.3 Å². The van der Waals surface area contributed by atoms with Crippen molar-refractivity contribution < 1.29 is 8.83 Å². The van der Waals surface area contributed by atoms with Crippen molar-refractivity contribution in [2.75, 3.05) is 0 Å². The third-order valence-electron chi connectivity index (χ3n) is 11.7. The molecule has 260 valence electrons. The number of hydrogen-bond acceptors (Lipinski definition) is 2. The van der Waals surface area contributed by atoms with Crippen LogP contribution in [0.15, 0.2) is 203 Å². The van der Waals surface area contributed by atoms with Crippen LogP contribution < -0.4 is 0 Å². The van der Waals surface area contributed by atoms with E-state index < -0.39 is 0 Å². The maximum Gasteiger partial charge on any atom is 0.147 e. The summed E-state index contributed by atoms with van der Waals surface area (Å²) in [4.78, 5) is 0. The third-order valence-corrected chi connectivity index (χ3v) is 11.7. The number of rotatable bonds is 4. The summed E-state index contributed by atoms with van der Waals surface area (Å²) < 4.78 is 13.2. The zero-order chi connectivity index (χ0) is 36.7. The van der Waals surface area contributed by atoms with Gasteiger partial charge in [0.05, 0.1) is 5.39 Å². The van der Waals surface area contributed by atoms with Crippen molar-refractivity contribution in [3.05, 3.63) is 194 Å². The summed E-state index contributed by atoms with van der Waals surface area (Å²) in [6.07, 6.45) is 0. The first-order chi connectivity index (χ1) is 27.8. The molecule has 0 aliphatic heterocycles. The second-order valence-corrected chi connectivity index (χ2v) is 14.7. The lowest BCUT2D eigenvalue weighted by Crippen LogP contribution is -1.91. The highest BCUT2D eigenvalue weighted by Gasteiger charge is 2.22. The summed E-state index contributed by atoms with van der Waals surface area (Å²) in [5.74, 6) is 0. The van der Waals surface area contributed by atoms with E-state index >= 15 is 0 Å². The molecular formula is C54H32O2. The summed E-state index contributed by atoms with van der Waals surface area (Å²) in [6, 6.07) is 69.8. The third kappa shape index (κ3) is 4.57. The molecular weight excluding hydrogens is 681 g/mol. The maximum atomic E-state index is 6.69. The van der Waals surface area contributed by atoms with Crippen LogP contribution in [0.5, 0.6) is 0 Å². The lowest BCUT2D eigenvalue weighted by molar-refractivity contribution is 0.663. The van der Waals surface area contributed by atoms with Crippen LogP contribution in [0.2, 0.25) is 0 Å². The molecule has 12 rings (SSSR count). The minimum absolute atomic E-state index is 0.840. The first kappa shape index (κ1) is 31.0. The fourth-order valence-corrected chi connectivity index (χ4v) is 9.17. The SMILES string of the molecule is c1cc(-c2c3ccccc3c(-c3ccc(-c4cccc5ccccc45)cc3)c3ccccc23)cc(-c2cc3c4ccccc4oc3c3c2oc2ccccc23)c1. The summed E-state index contributed by atoms with van der Waals surface area (Å²) >= 11 is 0. The van der Waals surface area contributed by atoms with Crippen LogP contribution in [0.4, 0.5) is 0 Å². The number of benzene rings is 10. The molecule has 0 aliphatic carbocycles. The van der Waals surface area contributed by atoms with Gasteiger partial charge in [0.15, 0.2) is 0 Å². The predicted molar refractivity (Wildman–Crippen MR) is 235 cm³/mol. The van der Waals surface area contributed by atoms with Crippen LogP contribution >= 0.6 is 0 Å². The van der Waals surface area contributed by atoms with Crippen molar-refractivity contribution in [2.45, 2.75) is 0 Å². The molecule has 0 saturated heterocycles. The summed E-state index contributed by atoms with van der Waals surface area (Å²) in [7, 11) is 0. The Balaban J connectivity index is 1.07. The van der Waals surface area contributed by atoms with Crippen molar-refractivity contribution >= 4 is 76.2 Å². The highest BCUT2D eigenvalue weighted by Crippen LogP contribution is 2.47. The fourth-order valence-electron chi connectivity index (χ4n) is 9.17. The Hall–Kier alpha value is -7.42. The van der Waals surface area contributed by atoms with Gasteiger partial charge in [-0.25, -0.2) is 0 Å². The quantitative estimate of drug-likeness (QED) is 0.170. The fraction of sp³-hybridized carbons (Fsp3) is 0. The smallest absolute Gasteiger partial charge is 0.147 e. The van der Waals surface area contributed by atoms with E-state index in [-0.39, 0.29) is 0 Å². The van der Waals surface area contributed by atoms with Crippen LogP contribution in [0.3, 0.4) is 0 Å². The summed E-state index contributed by atoms with van der Waals surface area (Å²) in [5.41, 5.74) is 12.9. The lowest BCUT2D eigenvalue weighted by atomic mass is 9.85. The molecule has 0 bridgehead atoms. The largest absolute Gasteiger partial charge is 0.455 e. The van der Waals surface area contributed by atoms with Gasteiger partial charge < -0.3 is 8.83 Å². The normalized spacial score (nSPS) is 11.9. The number of fused-ring (bicyclic) bond motifs is 10. The molecule has 2 heteroatoms. The van der Waals surface area contributed by atoms with Gasteiger partial charge in [-0.15, -0.1) is 0 Å². The van der Waals surface area contributed by atoms with Crippen molar-refractivity contribution in [1.82, 2.24) is 0 Å². The molecule has 0 unspecified atom stereocenters. The first-order valence-corrected chi connectivity index (χ1v) is 19.2. The van der Waals surface area contributed by atoms with Gasteiger partial charge in [0, 0.05) is 21.7 Å². The van der Waals surface area contributed by atoms with Crippen molar-refractivity contribution in [1.29, 1.82) is 0 Å². The second-order valence-electron chi connectivity index (χ2n) is 14.7. The molecule has 2 heterocycles. The Morgan fingerprint density at radius 2 is 0.768 bits per heavy atom. The van der Waals surface area contributed by atoms with Crippen molar-refractivity contribution in [2.24, 2.45) is 0 Å². The van der Waals surface area contributed by atoms with E-state index in [0.717, 1.165) is 60.6 Å². The molecule has 12 aromatic rings. The molecule has 0 N–H and O–H groups in total. The number of hydrogen-bond donors (Lipinski definition) is 0. The van der Waals surface area contributed by atoms with Crippen LogP contribution in [-0.2, 0) is 0 Å². The van der Waals surface area contributed by atoms with E-state index in [1.54, 1.807) is 0 Å². The van der Waals surface area contributed by atoms with Crippen molar-refractivity contribution in [3.8, 4) is 44.5 Å². The highest BCUT2D eigenvalue weighted by molar-refractivity contribution is 6.26. The molecule has 0 fully saturated rings. The van der Waals surface area contributed by atoms with Gasteiger partial charge in [-0.1, -0.05) is 170 Å². The Morgan fingerprint density at radius 1 is 0.268 bits per heavy atom. The van der Waals surface area contributed by atoms with Gasteiger partial charge >= 0.3 is 0 Å². The minimum Gasteiger partial charge on any atom is -0.455 e. The highest BCUT2D eigenvalue weighted by atomic mass is 16.3. The molecule has 2 aromatic heterocycles. The van der Waals surface area contributed by atoms with Gasteiger partial charge in [0.1, 0.15) is 22.3 Å². The van der Waals surface area contributed by atoms with Gasteiger partial charge in [0.2, 0.25) is 0 Å². The Bertz CT molecular complexity index is 3460. The van der Waals surface area contributed by atoms with E-state index in [9.17, 15) is 0 Å². The molecule has 0 spiro atoms. The molecule has 0 saturated carbocycles. The molecule has 2 nitrogen and oxygen atoms in total.